The van der Waals surface area contributed by atoms with Crippen LogP contribution < -0.4 is 0 Å². The molecule has 0 aliphatic carbocycles. The number of para-hydroxylation sites is 1. The monoisotopic (exact) mass is 302 g/mol. The Kier molecular flexibility index (Phi) is 3.94. The van der Waals surface area contributed by atoms with Gasteiger partial charge >= 0.3 is 5.97 Å². The number of aromatic nitrogens is 1. The zero-order chi connectivity index (χ0) is 16.2. The number of hydrogen-bond acceptors (Lipinski definition) is 2. The fourth-order valence-corrected chi connectivity index (χ4v) is 2.58. The standard InChI is InChI=1S/C19H14N2O2/c20-11-14-5-7-15(8-6-14)12-21-13-16(9-10-19(22)23)17-3-1-2-4-18(17)21/h1-10,13H,12H2,(H,22,23)/b10-9+. The van der Waals surface area contributed by atoms with Gasteiger partial charge < -0.3 is 9.67 Å². The third-order valence-corrected chi connectivity index (χ3v) is 3.66. The molecule has 0 saturated heterocycles. The quantitative estimate of drug-likeness (QED) is 0.748. The summed E-state index contributed by atoms with van der Waals surface area (Å²) in [4.78, 5) is 10.7. The van der Waals surface area contributed by atoms with Gasteiger partial charge in [0.25, 0.3) is 0 Å². The lowest BCUT2D eigenvalue weighted by atomic mass is 10.1. The molecule has 3 aromatic rings. The third kappa shape index (κ3) is 3.14. The molecule has 0 atom stereocenters. The Morgan fingerprint density at radius 3 is 2.61 bits per heavy atom. The molecule has 1 heterocycles. The van der Waals surface area contributed by atoms with Gasteiger partial charge in [-0.2, -0.15) is 5.26 Å². The molecule has 3 rings (SSSR count). The smallest absolute Gasteiger partial charge is 0.328 e. The summed E-state index contributed by atoms with van der Waals surface area (Å²) in [6.07, 6.45) is 4.70. The summed E-state index contributed by atoms with van der Waals surface area (Å²) < 4.78 is 2.08. The molecule has 1 aromatic heterocycles. The van der Waals surface area contributed by atoms with Crippen LogP contribution in [0, 0.1) is 11.3 Å². The fourth-order valence-electron chi connectivity index (χ4n) is 2.58. The van der Waals surface area contributed by atoms with Crippen LogP contribution in [0.15, 0.2) is 60.8 Å². The number of carboxylic acid groups (broad SMARTS) is 1. The number of fused-ring (bicyclic) bond motifs is 1. The average molecular weight is 302 g/mol. The van der Waals surface area contributed by atoms with E-state index in [4.69, 9.17) is 10.4 Å². The van der Waals surface area contributed by atoms with Crippen LogP contribution in [0.4, 0.5) is 0 Å². The summed E-state index contributed by atoms with van der Waals surface area (Å²) in [5.41, 5.74) is 3.63. The van der Waals surface area contributed by atoms with Crippen LogP contribution in [0.2, 0.25) is 0 Å². The molecular formula is C19H14N2O2. The number of rotatable bonds is 4. The Morgan fingerprint density at radius 1 is 1.17 bits per heavy atom. The lowest BCUT2D eigenvalue weighted by Crippen LogP contribution is -1.97. The van der Waals surface area contributed by atoms with E-state index in [0.29, 0.717) is 12.1 Å². The van der Waals surface area contributed by atoms with Gasteiger partial charge in [-0.15, -0.1) is 0 Å². The van der Waals surface area contributed by atoms with E-state index in [1.807, 2.05) is 42.6 Å². The second-order valence-corrected chi connectivity index (χ2v) is 5.21. The summed E-state index contributed by atoms with van der Waals surface area (Å²) >= 11 is 0. The van der Waals surface area contributed by atoms with Gasteiger partial charge in [-0.1, -0.05) is 30.3 Å². The summed E-state index contributed by atoms with van der Waals surface area (Å²) in [6, 6.07) is 17.5. The van der Waals surface area contributed by atoms with Crippen molar-refractivity contribution < 1.29 is 9.90 Å². The molecule has 4 heteroatoms. The molecule has 0 unspecified atom stereocenters. The maximum Gasteiger partial charge on any atom is 0.328 e. The normalized spacial score (nSPS) is 10.9. The predicted octanol–water partition coefficient (Wildman–Crippen LogP) is 3.66. The van der Waals surface area contributed by atoms with Crippen molar-refractivity contribution >= 4 is 22.9 Å². The number of carbonyl (C=O) groups is 1. The Balaban J connectivity index is 2.00. The van der Waals surface area contributed by atoms with Crippen LogP contribution in [0.3, 0.4) is 0 Å². The highest BCUT2D eigenvalue weighted by Gasteiger charge is 2.07. The molecule has 112 valence electrons. The van der Waals surface area contributed by atoms with Gasteiger partial charge in [-0.25, -0.2) is 4.79 Å². The minimum Gasteiger partial charge on any atom is -0.478 e. The van der Waals surface area contributed by atoms with Crippen molar-refractivity contribution in [2.45, 2.75) is 6.54 Å². The first kappa shape index (κ1) is 14.6. The second-order valence-electron chi connectivity index (χ2n) is 5.21. The van der Waals surface area contributed by atoms with Gasteiger partial charge in [0.1, 0.15) is 0 Å². The van der Waals surface area contributed by atoms with Crippen molar-refractivity contribution in [2.24, 2.45) is 0 Å². The number of nitrogens with zero attached hydrogens (tertiary/aromatic N) is 2. The molecule has 0 amide bonds. The summed E-state index contributed by atoms with van der Waals surface area (Å²) in [6.45, 7) is 0.660. The molecule has 4 nitrogen and oxygen atoms in total. The van der Waals surface area contributed by atoms with Crippen molar-refractivity contribution in [2.75, 3.05) is 0 Å². The first-order valence-electron chi connectivity index (χ1n) is 7.15. The van der Waals surface area contributed by atoms with E-state index >= 15 is 0 Å². The number of benzene rings is 2. The zero-order valence-electron chi connectivity index (χ0n) is 12.3. The Labute approximate surface area is 133 Å². The van der Waals surface area contributed by atoms with E-state index in [1.165, 1.54) is 0 Å². The first-order valence-corrected chi connectivity index (χ1v) is 7.15. The summed E-state index contributed by atoms with van der Waals surface area (Å²) in [5, 5.41) is 18.7. The van der Waals surface area contributed by atoms with Crippen LogP contribution in [0.5, 0.6) is 0 Å². The molecular weight excluding hydrogens is 288 g/mol. The zero-order valence-corrected chi connectivity index (χ0v) is 12.3. The fraction of sp³-hybridized carbons (Fsp3) is 0.0526. The summed E-state index contributed by atoms with van der Waals surface area (Å²) in [7, 11) is 0. The van der Waals surface area contributed by atoms with Crippen LogP contribution in [-0.4, -0.2) is 15.6 Å². The number of hydrogen-bond donors (Lipinski definition) is 1. The number of aliphatic carboxylic acids is 1. The summed E-state index contributed by atoms with van der Waals surface area (Å²) in [5.74, 6) is -0.964. The molecule has 2 aromatic carbocycles. The molecule has 0 aliphatic heterocycles. The first-order chi connectivity index (χ1) is 11.2. The molecule has 0 spiro atoms. The maximum atomic E-state index is 10.7. The molecule has 0 saturated carbocycles. The highest BCUT2D eigenvalue weighted by molar-refractivity contribution is 5.93. The second kappa shape index (κ2) is 6.20. The van der Waals surface area contributed by atoms with Gasteiger partial charge in [-0.3, -0.25) is 0 Å². The molecule has 23 heavy (non-hydrogen) atoms. The minimum absolute atomic E-state index is 0.635. The van der Waals surface area contributed by atoms with E-state index in [2.05, 4.69) is 10.6 Å². The Hall–Kier alpha value is -3.32. The number of carboxylic acids is 1. The Bertz CT molecular complexity index is 928. The van der Waals surface area contributed by atoms with Crippen LogP contribution in [0.1, 0.15) is 16.7 Å². The van der Waals surface area contributed by atoms with E-state index in [1.54, 1.807) is 18.2 Å². The van der Waals surface area contributed by atoms with Gasteiger partial charge in [0, 0.05) is 35.3 Å². The average Bonchev–Trinajstić information content (AvgIpc) is 2.92. The van der Waals surface area contributed by atoms with E-state index in [0.717, 1.165) is 28.1 Å². The largest absolute Gasteiger partial charge is 0.478 e. The third-order valence-electron chi connectivity index (χ3n) is 3.66. The lowest BCUT2D eigenvalue weighted by Gasteiger charge is -2.05. The molecule has 1 N–H and O–H groups in total. The molecule has 0 radical (unpaired) electrons. The van der Waals surface area contributed by atoms with Crippen LogP contribution in [-0.2, 0) is 11.3 Å². The minimum atomic E-state index is -0.964. The lowest BCUT2D eigenvalue weighted by molar-refractivity contribution is -0.131. The SMILES string of the molecule is N#Cc1ccc(Cn2cc(/C=C/C(=O)O)c3ccccc32)cc1. The van der Waals surface area contributed by atoms with Gasteiger partial charge in [-0.05, 0) is 29.8 Å². The van der Waals surface area contributed by atoms with E-state index in [9.17, 15) is 4.79 Å². The molecule has 0 bridgehead atoms. The highest BCUT2D eigenvalue weighted by Crippen LogP contribution is 2.23. The maximum absolute atomic E-state index is 10.7. The van der Waals surface area contributed by atoms with E-state index in [-0.39, 0.29) is 0 Å². The van der Waals surface area contributed by atoms with Crippen LogP contribution in [0.25, 0.3) is 17.0 Å². The Morgan fingerprint density at radius 2 is 1.91 bits per heavy atom. The van der Waals surface area contributed by atoms with Crippen molar-refractivity contribution in [1.29, 1.82) is 5.26 Å². The van der Waals surface area contributed by atoms with Crippen molar-refractivity contribution in [3.05, 3.63) is 77.5 Å². The number of nitriles is 1. The van der Waals surface area contributed by atoms with Gasteiger partial charge in [0.15, 0.2) is 0 Å². The van der Waals surface area contributed by atoms with Gasteiger partial charge in [0.05, 0.1) is 11.6 Å². The van der Waals surface area contributed by atoms with Gasteiger partial charge in [0.2, 0.25) is 0 Å². The van der Waals surface area contributed by atoms with Crippen molar-refractivity contribution in [3.8, 4) is 6.07 Å². The van der Waals surface area contributed by atoms with E-state index < -0.39 is 5.97 Å². The topological polar surface area (TPSA) is 66.0 Å². The molecule has 0 aliphatic rings. The highest BCUT2D eigenvalue weighted by atomic mass is 16.4. The predicted molar refractivity (Wildman–Crippen MR) is 88.9 cm³/mol. The van der Waals surface area contributed by atoms with Crippen LogP contribution >= 0.6 is 0 Å². The van der Waals surface area contributed by atoms with Crippen molar-refractivity contribution in [3.63, 3.8) is 0 Å². The molecule has 0 fully saturated rings. The van der Waals surface area contributed by atoms with Crippen molar-refractivity contribution in [1.82, 2.24) is 4.57 Å².